The minimum Gasteiger partial charge on any atom is -0.465 e. The number of benzene rings is 1. The van der Waals surface area contributed by atoms with Crippen molar-refractivity contribution in [3.05, 3.63) is 36.0 Å². The summed E-state index contributed by atoms with van der Waals surface area (Å²) in [5, 5.41) is 18.2. The highest BCUT2D eigenvalue weighted by molar-refractivity contribution is 5.93. The minimum atomic E-state index is -1.09. The van der Waals surface area contributed by atoms with Crippen LogP contribution in [0.4, 0.5) is 32.7 Å². The topological polar surface area (TPSA) is 129 Å². The number of piperazine rings is 1. The van der Waals surface area contributed by atoms with Crippen LogP contribution in [-0.2, 0) is 6.54 Å². The van der Waals surface area contributed by atoms with Gasteiger partial charge in [-0.25, -0.2) is 14.6 Å². The van der Waals surface area contributed by atoms with Gasteiger partial charge in [-0.05, 0) is 44.3 Å². The van der Waals surface area contributed by atoms with Crippen LogP contribution >= 0.6 is 0 Å². The third-order valence-electron chi connectivity index (χ3n) is 7.18. The van der Waals surface area contributed by atoms with Gasteiger partial charge in [0.1, 0.15) is 5.82 Å². The Morgan fingerprint density at radius 3 is 2.61 bits per heavy atom. The van der Waals surface area contributed by atoms with Gasteiger partial charge in [0.05, 0.1) is 18.6 Å². The molecule has 0 saturated carbocycles. The lowest BCUT2D eigenvalue weighted by molar-refractivity contribution is 0.129. The van der Waals surface area contributed by atoms with E-state index in [4.69, 9.17) is 0 Å². The minimum absolute atomic E-state index is 0.201. The van der Waals surface area contributed by atoms with Gasteiger partial charge in [-0.15, -0.1) is 0 Å². The van der Waals surface area contributed by atoms with Gasteiger partial charge in [-0.1, -0.05) is 0 Å². The number of carbonyl (C=O) groups is 2. The van der Waals surface area contributed by atoms with E-state index in [1.165, 1.54) is 10.6 Å². The molecule has 1 aromatic carbocycles. The SMILES string of the molecule is CN1CCN(c2ccc(Nc3ncc4c(n3)N(C)C(=O)N([C@H]3CCNC[C@@H]3NC(=O)O)C4)cc2)CC1. The number of aromatic nitrogens is 2. The zero-order chi connectivity index (χ0) is 25.2. The van der Waals surface area contributed by atoms with E-state index in [-0.39, 0.29) is 18.1 Å². The summed E-state index contributed by atoms with van der Waals surface area (Å²) in [6.07, 6.45) is 1.30. The molecular weight excluding hydrogens is 462 g/mol. The average Bonchev–Trinajstić information content (AvgIpc) is 2.88. The van der Waals surface area contributed by atoms with E-state index < -0.39 is 6.09 Å². The molecule has 3 aliphatic rings. The number of nitrogens with zero attached hydrogens (tertiary/aromatic N) is 6. The molecule has 2 atom stereocenters. The fourth-order valence-corrected chi connectivity index (χ4v) is 5.13. The van der Waals surface area contributed by atoms with Crippen LogP contribution in [0.25, 0.3) is 0 Å². The van der Waals surface area contributed by atoms with E-state index in [9.17, 15) is 14.7 Å². The quantitative estimate of drug-likeness (QED) is 0.486. The van der Waals surface area contributed by atoms with Crippen molar-refractivity contribution in [2.24, 2.45) is 0 Å². The molecule has 0 unspecified atom stereocenters. The van der Waals surface area contributed by atoms with Crippen LogP contribution in [0.1, 0.15) is 12.0 Å². The largest absolute Gasteiger partial charge is 0.465 e. The third-order valence-corrected chi connectivity index (χ3v) is 7.18. The maximum absolute atomic E-state index is 13.3. The Labute approximate surface area is 210 Å². The van der Waals surface area contributed by atoms with Gasteiger partial charge in [0.25, 0.3) is 0 Å². The van der Waals surface area contributed by atoms with Gasteiger partial charge in [0.2, 0.25) is 5.95 Å². The number of anilines is 4. The van der Waals surface area contributed by atoms with Gasteiger partial charge in [-0.2, -0.15) is 4.98 Å². The van der Waals surface area contributed by atoms with Crippen LogP contribution in [0.2, 0.25) is 0 Å². The van der Waals surface area contributed by atoms with Gasteiger partial charge in [0.15, 0.2) is 0 Å². The van der Waals surface area contributed by atoms with Crippen molar-refractivity contribution in [1.82, 2.24) is 30.4 Å². The smallest absolute Gasteiger partial charge is 0.404 e. The molecule has 3 amide bonds. The summed E-state index contributed by atoms with van der Waals surface area (Å²) in [6.45, 7) is 5.67. The van der Waals surface area contributed by atoms with Crippen LogP contribution < -0.4 is 25.8 Å². The second kappa shape index (κ2) is 10.2. The van der Waals surface area contributed by atoms with E-state index in [0.29, 0.717) is 31.3 Å². The highest BCUT2D eigenvalue weighted by Crippen LogP contribution is 2.30. The molecule has 2 saturated heterocycles. The Morgan fingerprint density at radius 2 is 1.89 bits per heavy atom. The second-order valence-electron chi connectivity index (χ2n) is 9.59. The molecule has 4 N–H and O–H groups in total. The van der Waals surface area contributed by atoms with Gasteiger partial charge >= 0.3 is 12.1 Å². The first-order valence-corrected chi connectivity index (χ1v) is 12.3. The predicted molar refractivity (Wildman–Crippen MR) is 137 cm³/mol. The Balaban J connectivity index is 1.28. The number of nitrogens with one attached hydrogen (secondary N) is 3. The zero-order valence-electron chi connectivity index (χ0n) is 20.6. The van der Waals surface area contributed by atoms with E-state index in [1.54, 1.807) is 18.1 Å². The molecule has 192 valence electrons. The number of carbonyl (C=O) groups excluding carboxylic acids is 1. The summed E-state index contributed by atoms with van der Waals surface area (Å²) in [6, 6.07) is 7.39. The lowest BCUT2D eigenvalue weighted by Gasteiger charge is -2.43. The maximum Gasteiger partial charge on any atom is 0.404 e. The van der Waals surface area contributed by atoms with E-state index in [1.807, 2.05) is 12.1 Å². The first kappa shape index (κ1) is 24.1. The number of hydrogen-bond donors (Lipinski definition) is 4. The van der Waals surface area contributed by atoms with Crippen molar-refractivity contribution >= 4 is 35.3 Å². The lowest BCUT2D eigenvalue weighted by Crippen LogP contribution is -2.63. The standard InChI is InChI=1S/C24H33N9O3/c1-30-9-11-32(12-10-30)18-5-3-17(4-6-18)27-22-26-13-16-15-33(24(36)31(2)21(16)29-22)20-7-8-25-14-19(20)28-23(34)35/h3-6,13,19-20,25,28H,7-12,14-15H2,1-2H3,(H,34,35)(H,26,27,29)/t19-,20-/m0/s1. The number of urea groups is 1. The van der Waals surface area contributed by atoms with E-state index in [0.717, 1.165) is 44.0 Å². The highest BCUT2D eigenvalue weighted by atomic mass is 16.4. The van der Waals surface area contributed by atoms with Crippen LogP contribution in [0.15, 0.2) is 30.5 Å². The molecule has 0 aliphatic carbocycles. The van der Waals surface area contributed by atoms with Gasteiger partial charge in [-0.3, -0.25) is 4.90 Å². The summed E-state index contributed by atoms with van der Waals surface area (Å²) in [5.74, 6) is 0.973. The number of hydrogen-bond acceptors (Lipinski definition) is 8. The Hall–Kier alpha value is -3.64. The lowest BCUT2D eigenvalue weighted by atomic mass is 9.98. The molecule has 3 aliphatic heterocycles. The van der Waals surface area contributed by atoms with Crippen molar-refractivity contribution < 1.29 is 14.7 Å². The van der Waals surface area contributed by atoms with Crippen molar-refractivity contribution in [2.75, 3.05) is 68.5 Å². The fraction of sp³-hybridized carbons (Fsp3) is 0.500. The number of amides is 3. The number of fused-ring (bicyclic) bond motifs is 1. The Kier molecular flexibility index (Phi) is 6.79. The molecule has 2 aromatic rings. The molecule has 1 aromatic heterocycles. The fourth-order valence-electron chi connectivity index (χ4n) is 5.13. The molecule has 0 bridgehead atoms. The summed E-state index contributed by atoms with van der Waals surface area (Å²) in [7, 11) is 3.84. The maximum atomic E-state index is 13.3. The van der Waals surface area contributed by atoms with Gasteiger partial charge in [0, 0.05) is 62.9 Å². The molecule has 12 heteroatoms. The number of carboxylic acid groups (broad SMARTS) is 1. The highest BCUT2D eigenvalue weighted by Gasteiger charge is 2.39. The molecule has 2 fully saturated rings. The van der Waals surface area contributed by atoms with Crippen molar-refractivity contribution in [1.29, 1.82) is 0 Å². The summed E-state index contributed by atoms with van der Waals surface area (Å²) in [5.41, 5.74) is 2.89. The second-order valence-corrected chi connectivity index (χ2v) is 9.59. The first-order valence-electron chi connectivity index (χ1n) is 12.3. The Morgan fingerprint density at radius 1 is 1.14 bits per heavy atom. The molecule has 0 spiro atoms. The third kappa shape index (κ3) is 5.00. The van der Waals surface area contributed by atoms with Crippen LogP contribution in [0.5, 0.6) is 0 Å². The molecule has 12 nitrogen and oxygen atoms in total. The first-order chi connectivity index (χ1) is 17.4. The number of likely N-dealkylation sites (N-methyl/N-ethyl adjacent to an activating group) is 1. The molecular formula is C24H33N9O3. The van der Waals surface area contributed by atoms with E-state index >= 15 is 0 Å². The number of piperidine rings is 1. The molecule has 0 radical (unpaired) electrons. The van der Waals surface area contributed by atoms with Crippen molar-refractivity contribution in [2.45, 2.75) is 25.0 Å². The van der Waals surface area contributed by atoms with Crippen molar-refractivity contribution in [3.8, 4) is 0 Å². The molecule has 4 heterocycles. The van der Waals surface area contributed by atoms with E-state index in [2.05, 4.69) is 54.9 Å². The zero-order valence-corrected chi connectivity index (χ0v) is 20.6. The normalized spacial score (nSPS) is 22.8. The monoisotopic (exact) mass is 495 g/mol. The van der Waals surface area contributed by atoms with Crippen LogP contribution in [0.3, 0.4) is 0 Å². The summed E-state index contributed by atoms with van der Waals surface area (Å²) < 4.78 is 0. The van der Waals surface area contributed by atoms with Crippen LogP contribution in [-0.4, -0.2) is 102 Å². The predicted octanol–water partition coefficient (Wildman–Crippen LogP) is 1.34. The molecule has 36 heavy (non-hydrogen) atoms. The summed E-state index contributed by atoms with van der Waals surface area (Å²) in [4.78, 5) is 41.6. The van der Waals surface area contributed by atoms with Crippen molar-refractivity contribution in [3.63, 3.8) is 0 Å². The number of rotatable bonds is 5. The van der Waals surface area contributed by atoms with Crippen LogP contribution in [0, 0.1) is 0 Å². The summed E-state index contributed by atoms with van der Waals surface area (Å²) >= 11 is 0. The molecule has 5 rings (SSSR count). The van der Waals surface area contributed by atoms with Gasteiger partial charge < -0.3 is 35.8 Å². The Bertz CT molecular complexity index is 1100. The average molecular weight is 496 g/mol.